The van der Waals surface area contributed by atoms with Crippen molar-refractivity contribution in [2.24, 2.45) is 5.16 Å². The minimum absolute atomic E-state index is 0.166. The summed E-state index contributed by atoms with van der Waals surface area (Å²) in [7, 11) is 1.48. The van der Waals surface area contributed by atoms with Crippen molar-refractivity contribution >= 4 is 17.9 Å². The summed E-state index contributed by atoms with van der Waals surface area (Å²) in [5.74, 6) is 0.532. The van der Waals surface area contributed by atoms with Gasteiger partial charge in [0.25, 0.3) is 5.91 Å². The van der Waals surface area contributed by atoms with E-state index in [2.05, 4.69) is 34.3 Å². The molecule has 0 aliphatic rings. The Balaban J connectivity index is 2.09. The van der Waals surface area contributed by atoms with E-state index in [-0.39, 0.29) is 11.9 Å². The molecule has 0 saturated heterocycles. The van der Waals surface area contributed by atoms with Gasteiger partial charge in [0.2, 0.25) is 0 Å². The average Bonchev–Trinajstić information content (AvgIpc) is 3.00. The molecule has 2 aromatic rings. The third-order valence-corrected chi connectivity index (χ3v) is 3.40. The molecule has 0 fully saturated rings. The predicted octanol–water partition coefficient (Wildman–Crippen LogP) is 3.09. The summed E-state index contributed by atoms with van der Waals surface area (Å²) in [5.41, 5.74) is 1.44. The minimum Gasteiger partial charge on any atom is -0.399 e. The number of anilines is 1. The lowest BCUT2D eigenvalue weighted by molar-refractivity contribution is 0.102. The van der Waals surface area contributed by atoms with Crippen LogP contribution in [0.5, 0.6) is 0 Å². The van der Waals surface area contributed by atoms with Gasteiger partial charge in [0.15, 0.2) is 0 Å². The number of rotatable bonds is 6. The largest absolute Gasteiger partial charge is 0.399 e. The lowest BCUT2D eigenvalue weighted by atomic mass is 10.1. The molecule has 1 aromatic carbocycles. The number of nitrogens with zero attached hydrogens (tertiary/aromatic N) is 3. The van der Waals surface area contributed by atoms with Crippen molar-refractivity contribution < 1.29 is 9.63 Å². The van der Waals surface area contributed by atoms with Gasteiger partial charge in [-0.3, -0.25) is 4.79 Å². The van der Waals surface area contributed by atoms with E-state index in [1.807, 2.05) is 16.8 Å². The molecule has 2 rings (SSSR count). The summed E-state index contributed by atoms with van der Waals surface area (Å²) in [6.07, 6.45) is 4.21. The molecule has 0 saturated carbocycles. The Morgan fingerprint density at radius 2 is 2.14 bits per heavy atom. The first-order chi connectivity index (χ1) is 10.7. The fraction of sp³-hybridized carbons (Fsp3) is 0.312. The molecule has 0 aliphatic heterocycles. The van der Waals surface area contributed by atoms with Gasteiger partial charge in [-0.25, -0.2) is 4.68 Å². The summed E-state index contributed by atoms with van der Waals surface area (Å²) in [6.45, 7) is 4.14. The summed E-state index contributed by atoms with van der Waals surface area (Å²) in [4.78, 5) is 16.9. The maximum absolute atomic E-state index is 12.3. The van der Waals surface area contributed by atoms with Crippen molar-refractivity contribution in [3.8, 4) is 0 Å². The van der Waals surface area contributed by atoms with E-state index >= 15 is 0 Å². The second-order valence-electron chi connectivity index (χ2n) is 4.91. The van der Waals surface area contributed by atoms with Gasteiger partial charge in [0, 0.05) is 11.6 Å². The van der Waals surface area contributed by atoms with Crippen LogP contribution < -0.4 is 5.32 Å². The summed E-state index contributed by atoms with van der Waals surface area (Å²) >= 11 is 0. The number of hydrogen-bond donors (Lipinski definition) is 1. The Labute approximate surface area is 129 Å². The van der Waals surface area contributed by atoms with Gasteiger partial charge < -0.3 is 10.2 Å². The van der Waals surface area contributed by atoms with Gasteiger partial charge in [0.1, 0.15) is 12.9 Å². The van der Waals surface area contributed by atoms with Gasteiger partial charge in [-0.05, 0) is 31.0 Å². The van der Waals surface area contributed by atoms with Crippen molar-refractivity contribution in [2.45, 2.75) is 26.3 Å². The van der Waals surface area contributed by atoms with Crippen LogP contribution in [-0.4, -0.2) is 29.0 Å². The molecule has 1 N–H and O–H groups in total. The van der Waals surface area contributed by atoms with Gasteiger partial charge in [-0.2, -0.15) is 5.10 Å². The van der Waals surface area contributed by atoms with Crippen molar-refractivity contribution in [3.63, 3.8) is 0 Å². The van der Waals surface area contributed by atoms with Crippen molar-refractivity contribution in [1.82, 2.24) is 9.78 Å². The summed E-state index contributed by atoms with van der Waals surface area (Å²) in [5, 5.41) is 10.8. The normalized spacial score (nSPS) is 12.3. The van der Waals surface area contributed by atoms with E-state index in [0.29, 0.717) is 11.4 Å². The Bertz CT molecular complexity index is 646. The molecular weight excluding hydrogens is 280 g/mol. The Hall–Kier alpha value is -2.63. The van der Waals surface area contributed by atoms with Crippen LogP contribution in [0, 0.1) is 0 Å². The molecule has 0 aliphatic carbocycles. The molecule has 0 bridgehead atoms. The first-order valence-corrected chi connectivity index (χ1v) is 7.17. The molecule has 116 valence electrons. The lowest BCUT2D eigenvalue weighted by Gasteiger charge is -2.14. The summed E-state index contributed by atoms with van der Waals surface area (Å²) < 4.78 is 1.82. The molecule has 1 atom stereocenters. The van der Waals surface area contributed by atoms with E-state index in [9.17, 15) is 4.79 Å². The van der Waals surface area contributed by atoms with Crippen molar-refractivity contribution in [3.05, 3.63) is 47.7 Å². The molecule has 6 heteroatoms. The standard InChI is InChI=1S/C16H20N4O2/c1-4-12(2)20-15(9-10-17-20)19-16(21)14-7-5-13(6-8-14)11-18-22-3/h5-12H,4H2,1-3H3,(H,19,21)/b18-11+. The Morgan fingerprint density at radius 3 is 2.77 bits per heavy atom. The number of carbonyl (C=O) groups excluding carboxylic acids is 1. The maximum Gasteiger partial charge on any atom is 0.256 e. The van der Waals surface area contributed by atoms with Crippen molar-refractivity contribution in [2.75, 3.05) is 12.4 Å². The number of nitrogens with one attached hydrogen (secondary N) is 1. The van der Waals surface area contributed by atoms with Crippen LogP contribution in [0.3, 0.4) is 0 Å². The fourth-order valence-electron chi connectivity index (χ4n) is 1.96. The van der Waals surface area contributed by atoms with Crippen LogP contribution in [0.4, 0.5) is 5.82 Å². The minimum atomic E-state index is -0.166. The molecule has 1 heterocycles. The molecule has 6 nitrogen and oxygen atoms in total. The molecule has 1 unspecified atom stereocenters. The smallest absolute Gasteiger partial charge is 0.256 e. The van der Waals surface area contributed by atoms with E-state index in [4.69, 9.17) is 0 Å². The van der Waals surface area contributed by atoms with Crippen LogP contribution >= 0.6 is 0 Å². The maximum atomic E-state index is 12.3. The Kier molecular flexibility index (Phi) is 5.30. The van der Waals surface area contributed by atoms with Crippen LogP contribution in [0.25, 0.3) is 0 Å². The first kappa shape index (κ1) is 15.8. The number of amides is 1. The van der Waals surface area contributed by atoms with Crippen LogP contribution in [0.2, 0.25) is 0 Å². The third-order valence-electron chi connectivity index (χ3n) is 3.40. The van der Waals surface area contributed by atoms with Gasteiger partial charge in [-0.1, -0.05) is 24.2 Å². The van der Waals surface area contributed by atoms with E-state index in [1.54, 1.807) is 30.6 Å². The molecule has 0 radical (unpaired) electrons. The molecule has 0 spiro atoms. The zero-order valence-electron chi connectivity index (χ0n) is 13.0. The number of aromatic nitrogens is 2. The number of hydrogen-bond acceptors (Lipinski definition) is 4. The van der Waals surface area contributed by atoms with Gasteiger partial charge >= 0.3 is 0 Å². The zero-order chi connectivity index (χ0) is 15.9. The second-order valence-corrected chi connectivity index (χ2v) is 4.91. The van der Waals surface area contributed by atoms with E-state index in [0.717, 1.165) is 12.0 Å². The summed E-state index contributed by atoms with van der Waals surface area (Å²) in [6, 6.07) is 9.14. The first-order valence-electron chi connectivity index (χ1n) is 7.17. The molecule has 1 aromatic heterocycles. The molecular formula is C16H20N4O2. The lowest BCUT2D eigenvalue weighted by Crippen LogP contribution is -2.17. The van der Waals surface area contributed by atoms with Crippen molar-refractivity contribution in [1.29, 1.82) is 0 Å². The van der Waals surface area contributed by atoms with Gasteiger partial charge in [0.05, 0.1) is 18.5 Å². The number of benzene rings is 1. The average molecular weight is 300 g/mol. The highest BCUT2D eigenvalue weighted by atomic mass is 16.6. The molecule has 1 amide bonds. The monoisotopic (exact) mass is 300 g/mol. The quantitative estimate of drug-likeness (QED) is 0.658. The fourth-order valence-corrected chi connectivity index (χ4v) is 1.96. The predicted molar refractivity (Wildman–Crippen MR) is 86.2 cm³/mol. The SMILES string of the molecule is CCC(C)n1nccc1NC(=O)c1ccc(/C=N/OC)cc1. The highest BCUT2D eigenvalue weighted by Crippen LogP contribution is 2.17. The number of oxime groups is 1. The zero-order valence-corrected chi connectivity index (χ0v) is 13.0. The Morgan fingerprint density at radius 1 is 1.41 bits per heavy atom. The topological polar surface area (TPSA) is 68.5 Å². The third kappa shape index (κ3) is 3.72. The highest BCUT2D eigenvalue weighted by molar-refractivity contribution is 6.04. The van der Waals surface area contributed by atoms with Gasteiger partial charge in [-0.15, -0.1) is 0 Å². The van der Waals surface area contributed by atoms with Crippen LogP contribution in [-0.2, 0) is 4.84 Å². The number of carbonyl (C=O) groups is 1. The van der Waals surface area contributed by atoms with E-state index in [1.165, 1.54) is 7.11 Å². The van der Waals surface area contributed by atoms with Crippen LogP contribution in [0.15, 0.2) is 41.7 Å². The van der Waals surface area contributed by atoms with E-state index < -0.39 is 0 Å². The molecule has 22 heavy (non-hydrogen) atoms. The van der Waals surface area contributed by atoms with Crippen LogP contribution in [0.1, 0.15) is 42.2 Å². The highest BCUT2D eigenvalue weighted by Gasteiger charge is 2.12. The second kappa shape index (κ2) is 7.40.